The van der Waals surface area contributed by atoms with Crippen LogP contribution in [0.15, 0.2) is 0 Å². The lowest BCUT2D eigenvalue weighted by Crippen LogP contribution is -2.25. The second kappa shape index (κ2) is 10.7. The zero-order valence-electron chi connectivity index (χ0n) is 15.6. The van der Waals surface area contributed by atoms with Crippen molar-refractivity contribution >= 4 is 0 Å². The van der Waals surface area contributed by atoms with Crippen LogP contribution in [0, 0.1) is 23.7 Å². The van der Waals surface area contributed by atoms with E-state index in [0.717, 1.165) is 23.7 Å². The van der Waals surface area contributed by atoms with Crippen molar-refractivity contribution in [2.75, 3.05) is 0 Å². The average molecular weight is 307 g/mol. The molecule has 0 bridgehead atoms. The summed E-state index contributed by atoms with van der Waals surface area (Å²) in [5.74, 6) is 4.40. The van der Waals surface area contributed by atoms with Crippen molar-refractivity contribution in [1.82, 2.24) is 0 Å². The predicted octanol–water partition coefficient (Wildman–Crippen LogP) is 7.76. The number of unbranched alkanes of at least 4 members (excludes halogenated alkanes) is 4. The Morgan fingerprint density at radius 3 is 1.18 bits per heavy atom. The Balaban J connectivity index is 1.58. The van der Waals surface area contributed by atoms with Gasteiger partial charge in [0.2, 0.25) is 0 Å². The highest BCUT2D eigenvalue weighted by atomic mass is 14.4. The normalized spacial score (nSPS) is 33.0. The molecule has 0 heteroatoms. The molecule has 2 aliphatic carbocycles. The first kappa shape index (κ1) is 18.3. The van der Waals surface area contributed by atoms with Gasteiger partial charge in [-0.3, -0.25) is 0 Å². The quantitative estimate of drug-likeness (QED) is 0.382. The SMILES string of the molecule is CCCCCC1CCC(C2CCC(CCCCC)CC2)CC1. The Hall–Kier alpha value is 0. The van der Waals surface area contributed by atoms with Gasteiger partial charge in [-0.25, -0.2) is 0 Å². The minimum atomic E-state index is 1.09. The summed E-state index contributed by atoms with van der Waals surface area (Å²) >= 11 is 0. The first-order chi connectivity index (χ1) is 10.8. The van der Waals surface area contributed by atoms with Crippen LogP contribution >= 0.6 is 0 Å². The van der Waals surface area contributed by atoms with Gasteiger partial charge in [-0.1, -0.05) is 90.9 Å². The van der Waals surface area contributed by atoms with E-state index in [1.54, 1.807) is 51.4 Å². The Bertz CT molecular complexity index is 225. The summed E-state index contributed by atoms with van der Waals surface area (Å²) in [4.78, 5) is 0. The lowest BCUT2D eigenvalue weighted by atomic mass is 9.68. The molecule has 0 aromatic rings. The predicted molar refractivity (Wildman–Crippen MR) is 99.2 cm³/mol. The highest BCUT2D eigenvalue weighted by Crippen LogP contribution is 2.43. The van der Waals surface area contributed by atoms with E-state index in [1.165, 1.54) is 51.4 Å². The van der Waals surface area contributed by atoms with Crippen molar-refractivity contribution in [3.8, 4) is 0 Å². The molecule has 0 unspecified atom stereocenters. The van der Waals surface area contributed by atoms with Gasteiger partial charge >= 0.3 is 0 Å². The van der Waals surface area contributed by atoms with Gasteiger partial charge in [-0.15, -0.1) is 0 Å². The summed E-state index contributed by atoms with van der Waals surface area (Å²) < 4.78 is 0. The number of hydrogen-bond acceptors (Lipinski definition) is 0. The van der Waals surface area contributed by atoms with Crippen molar-refractivity contribution in [3.63, 3.8) is 0 Å². The van der Waals surface area contributed by atoms with Crippen molar-refractivity contribution < 1.29 is 0 Å². The molecule has 2 aliphatic rings. The van der Waals surface area contributed by atoms with Gasteiger partial charge in [-0.2, -0.15) is 0 Å². The third-order valence-corrected chi connectivity index (χ3v) is 6.88. The summed E-state index contributed by atoms with van der Waals surface area (Å²) in [7, 11) is 0. The van der Waals surface area contributed by atoms with E-state index in [9.17, 15) is 0 Å². The minimum Gasteiger partial charge on any atom is -0.0654 e. The highest BCUT2D eigenvalue weighted by Gasteiger charge is 2.30. The van der Waals surface area contributed by atoms with E-state index in [0.29, 0.717) is 0 Å². The van der Waals surface area contributed by atoms with Gasteiger partial charge in [-0.05, 0) is 49.4 Å². The second-order valence-electron chi connectivity index (χ2n) is 8.55. The molecule has 2 saturated carbocycles. The molecular weight excluding hydrogens is 264 g/mol. The third kappa shape index (κ3) is 6.25. The van der Waals surface area contributed by atoms with Crippen molar-refractivity contribution in [2.45, 2.75) is 117 Å². The summed E-state index contributed by atoms with van der Waals surface area (Å²) in [5, 5.41) is 0. The van der Waals surface area contributed by atoms with Gasteiger partial charge in [0.25, 0.3) is 0 Å². The number of hydrogen-bond donors (Lipinski definition) is 0. The van der Waals surface area contributed by atoms with E-state index in [1.807, 2.05) is 0 Å². The maximum absolute atomic E-state index is 2.33. The second-order valence-corrected chi connectivity index (χ2v) is 8.55. The zero-order valence-corrected chi connectivity index (χ0v) is 15.6. The fourth-order valence-electron chi connectivity index (χ4n) is 5.26. The molecule has 22 heavy (non-hydrogen) atoms. The van der Waals surface area contributed by atoms with Crippen molar-refractivity contribution in [3.05, 3.63) is 0 Å². The molecule has 2 fully saturated rings. The molecule has 0 spiro atoms. The molecule has 0 N–H and O–H groups in total. The molecule has 2 rings (SSSR count). The van der Waals surface area contributed by atoms with Crippen LogP contribution in [0.1, 0.15) is 117 Å². The molecule has 0 heterocycles. The molecule has 0 aromatic carbocycles. The van der Waals surface area contributed by atoms with Gasteiger partial charge in [0.15, 0.2) is 0 Å². The Morgan fingerprint density at radius 1 is 0.500 bits per heavy atom. The molecule has 0 amide bonds. The summed E-state index contributed by atoms with van der Waals surface area (Å²) in [6.07, 6.45) is 24.3. The van der Waals surface area contributed by atoms with Crippen LogP contribution in [0.5, 0.6) is 0 Å². The van der Waals surface area contributed by atoms with Crippen LogP contribution in [0.4, 0.5) is 0 Å². The zero-order chi connectivity index (χ0) is 15.6. The topological polar surface area (TPSA) is 0 Å². The highest BCUT2D eigenvalue weighted by molar-refractivity contribution is 4.82. The smallest absolute Gasteiger partial charge is 0.0386 e. The Kier molecular flexibility index (Phi) is 8.93. The monoisotopic (exact) mass is 306 g/mol. The lowest BCUT2D eigenvalue weighted by molar-refractivity contribution is 0.139. The van der Waals surface area contributed by atoms with Crippen molar-refractivity contribution in [2.24, 2.45) is 23.7 Å². The number of rotatable bonds is 9. The third-order valence-electron chi connectivity index (χ3n) is 6.88. The largest absolute Gasteiger partial charge is 0.0654 e. The van der Waals surface area contributed by atoms with E-state index < -0.39 is 0 Å². The summed E-state index contributed by atoms with van der Waals surface area (Å²) in [6, 6.07) is 0. The Labute approximate surface area is 140 Å². The fraction of sp³-hybridized carbons (Fsp3) is 1.00. The summed E-state index contributed by atoms with van der Waals surface area (Å²) in [5.41, 5.74) is 0. The molecule has 130 valence electrons. The van der Waals surface area contributed by atoms with Gasteiger partial charge in [0.05, 0.1) is 0 Å². The standard InChI is InChI=1S/C22H42/c1-3-5-7-9-19-11-15-21(16-12-19)22-17-13-20(14-18-22)10-8-6-4-2/h19-22H,3-18H2,1-2H3. The lowest BCUT2D eigenvalue weighted by Gasteiger charge is -2.38. The van der Waals surface area contributed by atoms with Crippen molar-refractivity contribution in [1.29, 1.82) is 0 Å². The van der Waals surface area contributed by atoms with E-state index in [4.69, 9.17) is 0 Å². The van der Waals surface area contributed by atoms with E-state index in [2.05, 4.69) is 13.8 Å². The van der Waals surface area contributed by atoms with Crippen LogP contribution in [0.25, 0.3) is 0 Å². The maximum Gasteiger partial charge on any atom is -0.0386 e. The fourth-order valence-corrected chi connectivity index (χ4v) is 5.26. The van der Waals surface area contributed by atoms with Crippen LogP contribution in [0.2, 0.25) is 0 Å². The van der Waals surface area contributed by atoms with E-state index >= 15 is 0 Å². The van der Waals surface area contributed by atoms with Crippen LogP contribution in [0.3, 0.4) is 0 Å². The molecular formula is C22H42. The molecule has 0 atom stereocenters. The first-order valence-electron chi connectivity index (χ1n) is 10.8. The van der Waals surface area contributed by atoms with Crippen LogP contribution in [-0.2, 0) is 0 Å². The average Bonchev–Trinajstić information content (AvgIpc) is 2.57. The van der Waals surface area contributed by atoms with Crippen LogP contribution in [-0.4, -0.2) is 0 Å². The Morgan fingerprint density at radius 2 is 0.864 bits per heavy atom. The molecule has 0 aliphatic heterocycles. The molecule has 0 saturated heterocycles. The minimum absolute atomic E-state index is 1.09. The summed E-state index contributed by atoms with van der Waals surface area (Å²) in [6.45, 7) is 4.66. The molecule has 0 aromatic heterocycles. The molecule has 0 radical (unpaired) electrons. The van der Waals surface area contributed by atoms with Gasteiger partial charge in [0, 0.05) is 0 Å². The van der Waals surface area contributed by atoms with Gasteiger partial charge in [0.1, 0.15) is 0 Å². The van der Waals surface area contributed by atoms with E-state index in [-0.39, 0.29) is 0 Å². The van der Waals surface area contributed by atoms with Gasteiger partial charge < -0.3 is 0 Å². The molecule has 0 nitrogen and oxygen atoms in total. The van der Waals surface area contributed by atoms with Crippen LogP contribution < -0.4 is 0 Å². The first-order valence-corrected chi connectivity index (χ1v) is 10.8. The maximum atomic E-state index is 2.33.